The molecule has 0 amide bonds. The highest BCUT2D eigenvalue weighted by atomic mass is 28.2. The van der Waals surface area contributed by atoms with Crippen LogP contribution in [0, 0.1) is 20.8 Å². The van der Waals surface area contributed by atoms with Crippen LogP contribution in [0.1, 0.15) is 27.0 Å². The van der Waals surface area contributed by atoms with E-state index >= 15 is 0 Å². The maximum absolute atomic E-state index is 11.2. The number of carbonyl (C=O) groups excluding carboxylic acids is 1. The van der Waals surface area contributed by atoms with Crippen LogP contribution in [0.3, 0.4) is 0 Å². The molecular weight excluding hydrogens is 180 g/mol. The molecule has 0 bridgehead atoms. The number of hydrogen-bond donors (Lipinski definition) is 0. The molecule has 0 aliphatic rings. The molecule has 3 radical (unpaired) electrons. The predicted molar refractivity (Wildman–Crippen MR) is 51.8 cm³/mol. The second-order valence-electron chi connectivity index (χ2n) is 3.07. The van der Waals surface area contributed by atoms with Gasteiger partial charge in [0.15, 0.2) is 0 Å². The zero-order chi connectivity index (χ0) is 10.0. The first-order chi connectivity index (χ1) is 6.07. The van der Waals surface area contributed by atoms with Gasteiger partial charge in [0, 0.05) is 0 Å². The van der Waals surface area contributed by atoms with E-state index in [1.807, 2.05) is 26.8 Å². The number of benzene rings is 1. The van der Waals surface area contributed by atoms with Gasteiger partial charge in [-0.3, -0.25) is 0 Å². The average Bonchev–Trinajstić information content (AvgIpc) is 2.13. The average molecular weight is 191 g/mol. The van der Waals surface area contributed by atoms with Crippen LogP contribution < -0.4 is 0 Å². The van der Waals surface area contributed by atoms with E-state index in [4.69, 9.17) is 0 Å². The minimum Gasteiger partial charge on any atom is -0.513 e. The second kappa shape index (κ2) is 3.74. The maximum atomic E-state index is 11.2. The minimum absolute atomic E-state index is 0.350. The summed E-state index contributed by atoms with van der Waals surface area (Å²) >= 11 is 0. The number of rotatable bonds is 1. The topological polar surface area (TPSA) is 26.3 Å². The van der Waals surface area contributed by atoms with Gasteiger partial charge >= 0.3 is 16.5 Å². The lowest BCUT2D eigenvalue weighted by atomic mass is 9.99. The van der Waals surface area contributed by atoms with Gasteiger partial charge in [-0.1, -0.05) is 6.07 Å². The quantitative estimate of drug-likeness (QED) is 0.633. The molecule has 1 aromatic rings. The Hall–Kier alpha value is -1.09. The molecule has 0 aliphatic heterocycles. The maximum Gasteiger partial charge on any atom is 0.345 e. The van der Waals surface area contributed by atoms with Gasteiger partial charge in [-0.2, -0.15) is 0 Å². The summed E-state index contributed by atoms with van der Waals surface area (Å²) in [5, 5.41) is 0. The molecule has 3 heteroatoms. The van der Waals surface area contributed by atoms with Crippen LogP contribution in [0.5, 0.6) is 0 Å². The van der Waals surface area contributed by atoms with E-state index in [1.165, 1.54) is 5.56 Å². The van der Waals surface area contributed by atoms with Crippen LogP contribution >= 0.6 is 0 Å². The van der Waals surface area contributed by atoms with Crippen LogP contribution in [0.2, 0.25) is 0 Å². The van der Waals surface area contributed by atoms with Crippen molar-refractivity contribution in [2.75, 3.05) is 0 Å². The van der Waals surface area contributed by atoms with Crippen LogP contribution in [-0.2, 0) is 4.43 Å². The van der Waals surface area contributed by atoms with Gasteiger partial charge in [0.05, 0.1) is 5.56 Å². The Morgan fingerprint density at radius 3 is 2.38 bits per heavy atom. The third kappa shape index (κ3) is 1.80. The molecule has 13 heavy (non-hydrogen) atoms. The Balaban J connectivity index is 3.26. The van der Waals surface area contributed by atoms with Crippen molar-refractivity contribution < 1.29 is 9.22 Å². The number of hydrogen-bond acceptors (Lipinski definition) is 2. The summed E-state index contributed by atoms with van der Waals surface area (Å²) < 4.78 is 4.48. The Labute approximate surface area is 81.5 Å². The minimum atomic E-state index is -0.350. The van der Waals surface area contributed by atoms with E-state index in [0.29, 0.717) is 5.56 Å². The first-order valence-corrected chi connectivity index (χ1v) is 4.43. The molecule has 0 unspecified atom stereocenters. The smallest absolute Gasteiger partial charge is 0.345 e. The molecule has 0 atom stereocenters. The molecule has 0 N–H and O–H groups in total. The van der Waals surface area contributed by atoms with Gasteiger partial charge < -0.3 is 4.43 Å². The van der Waals surface area contributed by atoms with Crippen LogP contribution in [0.15, 0.2) is 12.1 Å². The lowest BCUT2D eigenvalue weighted by Gasteiger charge is -2.08. The Kier molecular flexibility index (Phi) is 2.88. The summed E-state index contributed by atoms with van der Waals surface area (Å²) in [7, 11) is 2.73. The molecule has 2 nitrogen and oxygen atoms in total. The normalized spacial score (nSPS) is 9.85. The van der Waals surface area contributed by atoms with Crippen molar-refractivity contribution >= 4 is 16.5 Å². The third-order valence-corrected chi connectivity index (χ3v) is 2.56. The fourth-order valence-electron chi connectivity index (χ4n) is 1.23. The van der Waals surface area contributed by atoms with E-state index in [-0.39, 0.29) is 5.97 Å². The Bertz CT molecular complexity index is 345. The molecule has 0 saturated carbocycles. The molecule has 0 spiro atoms. The molecule has 0 heterocycles. The molecule has 1 rings (SSSR count). The first-order valence-electron chi connectivity index (χ1n) is 4.02. The van der Waals surface area contributed by atoms with Crippen molar-refractivity contribution in [2.45, 2.75) is 20.8 Å². The lowest BCUT2D eigenvalue weighted by molar-refractivity contribution is 0.0749. The lowest BCUT2D eigenvalue weighted by Crippen LogP contribution is -2.06. The Morgan fingerprint density at radius 1 is 1.23 bits per heavy atom. The van der Waals surface area contributed by atoms with Gasteiger partial charge in [-0.15, -0.1) is 0 Å². The highest BCUT2D eigenvalue weighted by molar-refractivity contribution is 6.09. The van der Waals surface area contributed by atoms with Crippen molar-refractivity contribution in [1.82, 2.24) is 0 Å². The van der Waals surface area contributed by atoms with E-state index in [2.05, 4.69) is 14.9 Å². The number of aryl methyl sites for hydroxylation is 1. The SMILES string of the molecule is Cc1ccc(C(=O)O[Si])c(C)c1C. The van der Waals surface area contributed by atoms with Gasteiger partial charge in [0.1, 0.15) is 0 Å². The zero-order valence-corrected chi connectivity index (χ0v) is 8.97. The standard InChI is InChI=1S/C10H11O2Si/c1-6-4-5-9(10(11)12-13)8(3)7(6)2/h4-5H,1-3H3. The molecule has 0 fully saturated rings. The molecular formula is C10H11O2Si. The molecule has 0 saturated heterocycles. The summed E-state index contributed by atoms with van der Waals surface area (Å²) in [6, 6.07) is 3.70. The first kappa shape index (κ1) is 9.99. The summed E-state index contributed by atoms with van der Waals surface area (Å²) in [4.78, 5) is 11.2. The Morgan fingerprint density at radius 2 is 1.85 bits per heavy atom. The zero-order valence-electron chi connectivity index (χ0n) is 7.97. The summed E-state index contributed by atoms with van der Waals surface area (Å²) in [5.41, 5.74) is 3.90. The van der Waals surface area contributed by atoms with Crippen molar-refractivity contribution in [1.29, 1.82) is 0 Å². The van der Waals surface area contributed by atoms with Crippen LogP contribution in [-0.4, -0.2) is 16.5 Å². The van der Waals surface area contributed by atoms with Crippen molar-refractivity contribution in [2.24, 2.45) is 0 Å². The van der Waals surface area contributed by atoms with Gasteiger partial charge in [0.2, 0.25) is 0 Å². The highest BCUT2D eigenvalue weighted by Crippen LogP contribution is 2.17. The molecule has 0 aliphatic carbocycles. The summed E-state index contributed by atoms with van der Waals surface area (Å²) in [6.07, 6.45) is 0. The van der Waals surface area contributed by atoms with E-state index in [9.17, 15) is 4.79 Å². The predicted octanol–water partition coefficient (Wildman–Crippen LogP) is 1.85. The highest BCUT2D eigenvalue weighted by Gasteiger charge is 2.10. The second-order valence-corrected chi connectivity index (χ2v) is 3.27. The van der Waals surface area contributed by atoms with Crippen molar-refractivity contribution in [3.8, 4) is 0 Å². The number of carbonyl (C=O) groups is 1. The van der Waals surface area contributed by atoms with Gasteiger partial charge in [0.25, 0.3) is 0 Å². The molecule has 1 aromatic carbocycles. The monoisotopic (exact) mass is 191 g/mol. The third-order valence-electron chi connectivity index (χ3n) is 2.37. The van der Waals surface area contributed by atoms with Crippen LogP contribution in [0.4, 0.5) is 0 Å². The fraction of sp³-hybridized carbons (Fsp3) is 0.300. The summed E-state index contributed by atoms with van der Waals surface area (Å²) in [5.74, 6) is -0.350. The van der Waals surface area contributed by atoms with E-state index in [0.717, 1.165) is 11.1 Å². The van der Waals surface area contributed by atoms with E-state index in [1.54, 1.807) is 6.07 Å². The van der Waals surface area contributed by atoms with E-state index < -0.39 is 0 Å². The largest absolute Gasteiger partial charge is 0.513 e. The van der Waals surface area contributed by atoms with Gasteiger partial charge in [-0.05, 0) is 43.5 Å². The van der Waals surface area contributed by atoms with Crippen molar-refractivity contribution in [3.63, 3.8) is 0 Å². The van der Waals surface area contributed by atoms with Crippen LogP contribution in [0.25, 0.3) is 0 Å². The van der Waals surface area contributed by atoms with Crippen molar-refractivity contribution in [3.05, 3.63) is 34.4 Å². The molecule has 0 aromatic heterocycles. The summed E-state index contributed by atoms with van der Waals surface area (Å²) in [6.45, 7) is 5.93. The van der Waals surface area contributed by atoms with Gasteiger partial charge in [-0.25, -0.2) is 4.79 Å². The fourth-order valence-corrected chi connectivity index (χ4v) is 1.34. The molecule has 67 valence electrons.